The molecule has 3 aromatic rings. The monoisotopic (exact) mass is 378 g/mol. The van der Waals surface area contributed by atoms with Crippen LogP contribution in [0.3, 0.4) is 0 Å². The van der Waals surface area contributed by atoms with Gasteiger partial charge in [0, 0.05) is 5.56 Å². The highest BCUT2D eigenvalue weighted by molar-refractivity contribution is 6.02. The third-order valence-electron chi connectivity index (χ3n) is 4.49. The smallest absolute Gasteiger partial charge is 0.342 e. The molecule has 6 nitrogen and oxygen atoms in total. The van der Waals surface area contributed by atoms with Crippen molar-refractivity contribution in [1.82, 2.24) is 0 Å². The van der Waals surface area contributed by atoms with E-state index in [0.717, 1.165) is 10.8 Å². The van der Waals surface area contributed by atoms with Crippen molar-refractivity contribution in [2.24, 2.45) is 0 Å². The number of rotatable bonds is 5. The Morgan fingerprint density at radius 3 is 2.39 bits per heavy atom. The van der Waals surface area contributed by atoms with Gasteiger partial charge in [-0.2, -0.15) is 0 Å². The van der Waals surface area contributed by atoms with Crippen LogP contribution in [0.15, 0.2) is 54.6 Å². The maximum atomic E-state index is 12.5. The van der Waals surface area contributed by atoms with Gasteiger partial charge in [0.05, 0.1) is 7.11 Å². The Kier molecular flexibility index (Phi) is 4.85. The molecule has 0 fully saturated rings. The van der Waals surface area contributed by atoms with Crippen molar-refractivity contribution in [2.45, 2.75) is 0 Å². The molecule has 1 aliphatic heterocycles. The average molecular weight is 378 g/mol. The predicted octanol–water partition coefficient (Wildman–Crippen LogP) is 3.66. The number of fused-ring (bicyclic) bond motifs is 2. The van der Waals surface area contributed by atoms with E-state index in [2.05, 4.69) is 0 Å². The molecule has 4 rings (SSSR count). The first-order chi connectivity index (χ1) is 13.7. The molecule has 6 heteroatoms. The molecule has 0 saturated carbocycles. The Hall–Kier alpha value is -3.54. The van der Waals surface area contributed by atoms with E-state index in [9.17, 15) is 9.59 Å². The first kappa shape index (κ1) is 17.9. The molecule has 1 heterocycles. The topological polar surface area (TPSA) is 71.1 Å². The summed E-state index contributed by atoms with van der Waals surface area (Å²) >= 11 is 0. The molecular formula is C22H18O6. The lowest BCUT2D eigenvalue weighted by atomic mass is 10.1. The Morgan fingerprint density at radius 2 is 1.64 bits per heavy atom. The third kappa shape index (κ3) is 3.49. The highest BCUT2D eigenvalue weighted by atomic mass is 16.6. The van der Waals surface area contributed by atoms with E-state index in [1.54, 1.807) is 30.3 Å². The van der Waals surface area contributed by atoms with Crippen LogP contribution in [-0.2, 0) is 4.74 Å². The molecule has 0 unspecified atom stereocenters. The Labute approximate surface area is 161 Å². The number of ketones is 1. The second-order valence-corrected chi connectivity index (χ2v) is 6.26. The van der Waals surface area contributed by atoms with E-state index in [0.29, 0.717) is 36.0 Å². The summed E-state index contributed by atoms with van der Waals surface area (Å²) in [5.41, 5.74) is 0.665. The first-order valence-corrected chi connectivity index (χ1v) is 8.82. The highest BCUT2D eigenvalue weighted by Crippen LogP contribution is 2.31. The van der Waals surface area contributed by atoms with Gasteiger partial charge in [0.25, 0.3) is 0 Å². The van der Waals surface area contributed by atoms with Gasteiger partial charge in [0.2, 0.25) is 0 Å². The van der Waals surface area contributed by atoms with Crippen molar-refractivity contribution in [2.75, 3.05) is 26.9 Å². The molecule has 0 amide bonds. The van der Waals surface area contributed by atoms with Crippen LogP contribution in [-0.4, -0.2) is 38.7 Å². The summed E-state index contributed by atoms with van der Waals surface area (Å²) < 4.78 is 21.5. The summed E-state index contributed by atoms with van der Waals surface area (Å²) in [5.74, 6) is 0.564. The fourth-order valence-electron chi connectivity index (χ4n) is 3.06. The second kappa shape index (κ2) is 7.60. The largest absolute Gasteiger partial charge is 0.496 e. The van der Waals surface area contributed by atoms with E-state index >= 15 is 0 Å². The first-order valence-electron chi connectivity index (χ1n) is 8.82. The predicted molar refractivity (Wildman–Crippen MR) is 103 cm³/mol. The van der Waals surface area contributed by atoms with Crippen molar-refractivity contribution >= 4 is 22.5 Å². The SMILES string of the molecule is COc1cc2ccccc2cc1C(=O)OCC(=O)c1ccc2c(c1)OCCO2. The van der Waals surface area contributed by atoms with Crippen molar-refractivity contribution in [3.05, 3.63) is 65.7 Å². The normalized spacial score (nSPS) is 12.5. The summed E-state index contributed by atoms with van der Waals surface area (Å²) in [5, 5.41) is 1.83. The molecule has 0 bridgehead atoms. The number of hydrogen-bond donors (Lipinski definition) is 0. The van der Waals surface area contributed by atoms with E-state index in [4.69, 9.17) is 18.9 Å². The lowest BCUT2D eigenvalue weighted by Gasteiger charge is -2.18. The van der Waals surface area contributed by atoms with Gasteiger partial charge in [-0.05, 0) is 41.1 Å². The van der Waals surface area contributed by atoms with Gasteiger partial charge in [-0.15, -0.1) is 0 Å². The molecule has 0 radical (unpaired) electrons. The van der Waals surface area contributed by atoms with Crippen LogP contribution in [0.25, 0.3) is 10.8 Å². The summed E-state index contributed by atoms with van der Waals surface area (Å²) in [4.78, 5) is 25.0. The molecule has 0 atom stereocenters. The summed E-state index contributed by atoms with van der Waals surface area (Å²) in [6.45, 7) is 0.529. The maximum Gasteiger partial charge on any atom is 0.342 e. The number of esters is 1. The van der Waals surface area contributed by atoms with Crippen molar-refractivity contribution in [1.29, 1.82) is 0 Å². The van der Waals surface area contributed by atoms with Crippen LogP contribution >= 0.6 is 0 Å². The van der Waals surface area contributed by atoms with Crippen LogP contribution in [0.2, 0.25) is 0 Å². The van der Waals surface area contributed by atoms with Crippen molar-refractivity contribution in [3.8, 4) is 17.2 Å². The molecule has 0 saturated heterocycles. The molecule has 28 heavy (non-hydrogen) atoms. The number of methoxy groups -OCH3 is 1. The Bertz CT molecular complexity index is 1060. The molecule has 3 aromatic carbocycles. The quantitative estimate of drug-likeness (QED) is 0.498. The number of carbonyl (C=O) groups excluding carboxylic acids is 2. The Balaban J connectivity index is 1.49. The second-order valence-electron chi connectivity index (χ2n) is 6.26. The number of carbonyl (C=O) groups is 2. The lowest BCUT2D eigenvalue weighted by Crippen LogP contribution is -2.17. The van der Waals surface area contributed by atoms with Crippen LogP contribution in [0.5, 0.6) is 17.2 Å². The summed E-state index contributed by atoms with van der Waals surface area (Å²) in [6.07, 6.45) is 0. The highest BCUT2D eigenvalue weighted by Gasteiger charge is 2.19. The van der Waals surface area contributed by atoms with Crippen LogP contribution in [0.1, 0.15) is 20.7 Å². The molecule has 0 spiro atoms. The van der Waals surface area contributed by atoms with Crippen LogP contribution < -0.4 is 14.2 Å². The van der Waals surface area contributed by atoms with Gasteiger partial charge >= 0.3 is 5.97 Å². The van der Waals surface area contributed by atoms with Gasteiger partial charge in [0.15, 0.2) is 23.9 Å². The molecule has 142 valence electrons. The zero-order chi connectivity index (χ0) is 19.5. The minimum atomic E-state index is -0.617. The molecule has 0 N–H and O–H groups in total. The molecule has 1 aliphatic rings. The van der Waals surface area contributed by atoms with E-state index in [-0.39, 0.29) is 18.0 Å². The number of ether oxygens (including phenoxy) is 4. The fraction of sp³-hybridized carbons (Fsp3) is 0.182. The zero-order valence-corrected chi connectivity index (χ0v) is 15.3. The van der Waals surface area contributed by atoms with Gasteiger partial charge in [-0.1, -0.05) is 24.3 Å². The summed E-state index contributed by atoms with van der Waals surface area (Å²) in [7, 11) is 1.49. The van der Waals surface area contributed by atoms with Crippen LogP contribution in [0.4, 0.5) is 0 Å². The minimum Gasteiger partial charge on any atom is -0.496 e. The average Bonchev–Trinajstić information content (AvgIpc) is 2.75. The van der Waals surface area contributed by atoms with E-state index < -0.39 is 5.97 Å². The van der Waals surface area contributed by atoms with Gasteiger partial charge < -0.3 is 18.9 Å². The van der Waals surface area contributed by atoms with E-state index in [1.165, 1.54) is 7.11 Å². The summed E-state index contributed by atoms with van der Waals surface area (Å²) in [6, 6.07) is 16.0. The molecule has 0 aromatic heterocycles. The lowest BCUT2D eigenvalue weighted by molar-refractivity contribution is 0.0471. The number of hydrogen-bond acceptors (Lipinski definition) is 6. The molecular weight excluding hydrogens is 360 g/mol. The van der Waals surface area contributed by atoms with Gasteiger partial charge in [0.1, 0.15) is 24.5 Å². The van der Waals surface area contributed by atoms with E-state index in [1.807, 2.05) is 24.3 Å². The Morgan fingerprint density at radius 1 is 0.929 bits per heavy atom. The van der Waals surface area contributed by atoms with Gasteiger partial charge in [-0.3, -0.25) is 4.79 Å². The van der Waals surface area contributed by atoms with Gasteiger partial charge in [-0.25, -0.2) is 4.79 Å². The molecule has 0 aliphatic carbocycles. The van der Waals surface area contributed by atoms with Crippen LogP contribution in [0, 0.1) is 0 Å². The number of Topliss-reactive ketones (excluding diaryl/α,β-unsaturated/α-hetero) is 1. The third-order valence-corrected chi connectivity index (χ3v) is 4.49. The zero-order valence-electron chi connectivity index (χ0n) is 15.3. The maximum absolute atomic E-state index is 12.5. The fourth-order valence-corrected chi connectivity index (χ4v) is 3.06. The number of benzene rings is 3. The van der Waals surface area contributed by atoms with Crippen molar-refractivity contribution < 1.29 is 28.5 Å². The standard InChI is InChI=1S/C22H18O6/c1-25-20-11-15-5-3-2-4-14(15)10-17(20)22(24)28-13-18(23)16-6-7-19-21(12-16)27-9-8-26-19/h2-7,10-12H,8-9,13H2,1H3. The van der Waals surface area contributed by atoms with Crippen molar-refractivity contribution in [3.63, 3.8) is 0 Å². The minimum absolute atomic E-state index is 0.274.